The zero-order chi connectivity index (χ0) is 26.1. The molecule has 1 amide bonds. The van der Waals surface area contributed by atoms with Crippen molar-refractivity contribution in [2.45, 2.75) is 25.0 Å². The van der Waals surface area contributed by atoms with Crippen molar-refractivity contribution in [1.29, 1.82) is 5.26 Å². The molecular weight excluding hydrogens is 503 g/mol. The highest BCUT2D eigenvalue weighted by Crippen LogP contribution is 2.37. The summed E-state index contributed by atoms with van der Waals surface area (Å²) in [7, 11) is 0. The Morgan fingerprint density at radius 3 is 2.86 bits per heavy atom. The number of nitrogens with one attached hydrogen (secondary N) is 2. The standard InChI is InChI=1S/C23H22ClFN10O2/c1-27-18-10-28-22-21(29-14-2-3-14)31-23(32-35(18)22)30-16-6-13(9-26)7-17(20(16)24)34-5-4-33(12-19(34)37)11-15(36)8-25/h6-7,10,14-15,36H,2-5,8,11-12H2,(H2,29,30,31,32). The van der Waals surface area contributed by atoms with Crippen molar-refractivity contribution in [3.63, 3.8) is 0 Å². The lowest BCUT2D eigenvalue weighted by Crippen LogP contribution is -2.52. The van der Waals surface area contributed by atoms with E-state index in [4.69, 9.17) is 18.2 Å². The number of aromatic nitrogens is 4. The Morgan fingerprint density at radius 1 is 1.38 bits per heavy atom. The van der Waals surface area contributed by atoms with E-state index in [1.54, 1.807) is 4.90 Å². The number of hydrogen-bond acceptors (Lipinski definition) is 9. The topological polar surface area (TPSA) is 139 Å². The summed E-state index contributed by atoms with van der Waals surface area (Å²) in [5.74, 6) is 0.495. The Bertz CT molecular complexity index is 1440. The van der Waals surface area contributed by atoms with Gasteiger partial charge in [-0.05, 0) is 25.0 Å². The van der Waals surface area contributed by atoms with Crippen LogP contribution in [0.1, 0.15) is 18.4 Å². The van der Waals surface area contributed by atoms with Gasteiger partial charge in [0.2, 0.25) is 5.91 Å². The Kier molecular flexibility index (Phi) is 6.76. The second-order valence-corrected chi connectivity index (χ2v) is 9.23. The number of carbonyl (C=O) groups is 1. The van der Waals surface area contributed by atoms with Crippen LogP contribution in [0.15, 0.2) is 18.3 Å². The van der Waals surface area contributed by atoms with Crippen molar-refractivity contribution in [3.05, 3.63) is 40.3 Å². The number of nitriles is 1. The molecule has 14 heteroatoms. The number of hydrogen-bond donors (Lipinski definition) is 3. The molecule has 0 radical (unpaired) electrons. The van der Waals surface area contributed by atoms with Crippen LogP contribution in [0.2, 0.25) is 5.02 Å². The van der Waals surface area contributed by atoms with Gasteiger partial charge in [0.25, 0.3) is 17.4 Å². The van der Waals surface area contributed by atoms with Crippen LogP contribution in [-0.2, 0) is 4.79 Å². The van der Waals surface area contributed by atoms with Crippen molar-refractivity contribution >= 4 is 52.1 Å². The third-order valence-corrected chi connectivity index (χ3v) is 6.44. The number of carbonyl (C=O) groups excluding carboxylic acids is 1. The molecule has 3 heterocycles. The molecule has 0 spiro atoms. The SMILES string of the molecule is [C-]#[N+]c1cnc2c(NC3CC3)nc(Nc3cc(C#N)cc(N4CCN(CC(O)CF)CC4=O)c3Cl)nn12. The zero-order valence-corrected chi connectivity index (χ0v) is 20.3. The molecule has 3 aromatic rings. The number of β-amino-alcohol motifs (C(OH)–C–C–N with tert-alkyl or cyclic N) is 1. The van der Waals surface area contributed by atoms with E-state index in [0.717, 1.165) is 12.8 Å². The number of rotatable bonds is 8. The normalized spacial score (nSPS) is 16.9. The van der Waals surface area contributed by atoms with Crippen molar-refractivity contribution in [3.8, 4) is 6.07 Å². The maximum Gasteiger partial charge on any atom is 0.275 e. The lowest BCUT2D eigenvalue weighted by atomic mass is 10.1. The molecule has 1 aliphatic carbocycles. The first-order valence-corrected chi connectivity index (χ1v) is 11.9. The minimum Gasteiger partial charge on any atom is -0.389 e. The number of aliphatic hydroxyl groups is 1. The number of aliphatic hydroxyl groups excluding tert-OH is 1. The average Bonchev–Trinajstić information content (AvgIpc) is 3.61. The number of nitrogens with zero attached hydrogens (tertiary/aromatic N) is 8. The van der Waals surface area contributed by atoms with Gasteiger partial charge in [0.15, 0.2) is 5.82 Å². The quantitative estimate of drug-likeness (QED) is 0.379. The van der Waals surface area contributed by atoms with E-state index in [0.29, 0.717) is 29.4 Å². The number of anilines is 4. The highest BCUT2D eigenvalue weighted by Gasteiger charge is 2.29. The van der Waals surface area contributed by atoms with Crippen LogP contribution in [0.4, 0.5) is 33.3 Å². The van der Waals surface area contributed by atoms with Crippen LogP contribution < -0.4 is 15.5 Å². The van der Waals surface area contributed by atoms with E-state index in [2.05, 4.69) is 36.6 Å². The Hall–Kier alpha value is -4.04. The summed E-state index contributed by atoms with van der Waals surface area (Å²) in [6.07, 6.45) is 2.26. The van der Waals surface area contributed by atoms with Crippen LogP contribution >= 0.6 is 11.6 Å². The van der Waals surface area contributed by atoms with Crippen molar-refractivity contribution in [2.75, 3.05) is 48.4 Å². The van der Waals surface area contributed by atoms with Gasteiger partial charge in [-0.2, -0.15) is 10.2 Å². The number of fused-ring (bicyclic) bond motifs is 1. The molecule has 2 fully saturated rings. The van der Waals surface area contributed by atoms with Gasteiger partial charge in [0.1, 0.15) is 6.67 Å². The highest BCUT2D eigenvalue weighted by atomic mass is 35.5. The summed E-state index contributed by atoms with van der Waals surface area (Å²) >= 11 is 6.71. The lowest BCUT2D eigenvalue weighted by molar-refractivity contribution is -0.121. The lowest BCUT2D eigenvalue weighted by Gasteiger charge is -2.35. The molecule has 1 aliphatic heterocycles. The molecular formula is C23H22ClFN10O2. The highest BCUT2D eigenvalue weighted by molar-refractivity contribution is 6.36. The maximum atomic E-state index is 12.9. The molecule has 5 rings (SSSR count). The van der Waals surface area contributed by atoms with Gasteiger partial charge < -0.3 is 25.5 Å². The van der Waals surface area contributed by atoms with Gasteiger partial charge in [-0.1, -0.05) is 23.3 Å². The van der Waals surface area contributed by atoms with Gasteiger partial charge in [-0.25, -0.2) is 9.37 Å². The molecule has 1 unspecified atom stereocenters. The van der Waals surface area contributed by atoms with E-state index < -0.39 is 12.8 Å². The monoisotopic (exact) mass is 524 g/mol. The van der Waals surface area contributed by atoms with E-state index in [1.165, 1.54) is 27.7 Å². The molecule has 1 atom stereocenters. The zero-order valence-electron chi connectivity index (χ0n) is 19.5. The summed E-state index contributed by atoms with van der Waals surface area (Å²) in [6, 6.07) is 5.39. The second-order valence-electron chi connectivity index (χ2n) is 8.85. The van der Waals surface area contributed by atoms with Crippen LogP contribution in [0.3, 0.4) is 0 Å². The number of amides is 1. The fourth-order valence-corrected chi connectivity index (χ4v) is 4.34. The molecule has 37 heavy (non-hydrogen) atoms. The van der Waals surface area contributed by atoms with Crippen molar-refractivity contribution in [2.24, 2.45) is 0 Å². The summed E-state index contributed by atoms with van der Waals surface area (Å²) < 4.78 is 14.1. The summed E-state index contributed by atoms with van der Waals surface area (Å²) in [6.45, 7) is 7.18. The molecule has 2 aliphatic rings. The van der Waals surface area contributed by atoms with E-state index in [-0.39, 0.29) is 53.9 Å². The first kappa shape index (κ1) is 24.6. The van der Waals surface area contributed by atoms with Crippen LogP contribution in [0.5, 0.6) is 0 Å². The van der Waals surface area contributed by atoms with Gasteiger partial charge in [0, 0.05) is 25.7 Å². The summed E-state index contributed by atoms with van der Waals surface area (Å²) in [4.78, 5) is 28.3. The molecule has 190 valence electrons. The molecule has 3 N–H and O–H groups in total. The first-order chi connectivity index (χ1) is 17.9. The molecule has 12 nitrogen and oxygen atoms in total. The summed E-state index contributed by atoms with van der Waals surface area (Å²) in [5, 5.41) is 30.1. The molecule has 0 bridgehead atoms. The van der Waals surface area contributed by atoms with Crippen molar-refractivity contribution < 1.29 is 14.3 Å². The fourth-order valence-electron chi connectivity index (χ4n) is 4.08. The van der Waals surface area contributed by atoms with Crippen LogP contribution in [0.25, 0.3) is 10.5 Å². The minimum absolute atomic E-state index is 0.0249. The van der Waals surface area contributed by atoms with Gasteiger partial charge in [-0.15, -0.1) is 4.52 Å². The Labute approximate surface area is 216 Å². The smallest absolute Gasteiger partial charge is 0.275 e. The van der Waals surface area contributed by atoms with Crippen LogP contribution in [-0.4, -0.2) is 80.5 Å². The molecule has 1 aromatic carbocycles. The van der Waals surface area contributed by atoms with Gasteiger partial charge in [-0.3, -0.25) is 9.69 Å². The first-order valence-electron chi connectivity index (χ1n) is 11.6. The average molecular weight is 525 g/mol. The van der Waals surface area contributed by atoms with Crippen LogP contribution in [0, 0.1) is 17.9 Å². The van der Waals surface area contributed by atoms with E-state index >= 15 is 0 Å². The molecule has 1 saturated carbocycles. The van der Waals surface area contributed by atoms with Gasteiger partial charge >= 0.3 is 0 Å². The number of alkyl halides is 1. The minimum atomic E-state index is -1.16. The van der Waals surface area contributed by atoms with Crippen molar-refractivity contribution in [1.82, 2.24) is 24.5 Å². The number of benzene rings is 1. The number of piperazine rings is 1. The maximum absolute atomic E-state index is 12.9. The molecule has 1 saturated heterocycles. The van der Waals surface area contributed by atoms with E-state index in [9.17, 15) is 19.6 Å². The van der Waals surface area contributed by atoms with Gasteiger partial charge in [0.05, 0.1) is 46.9 Å². The largest absolute Gasteiger partial charge is 0.389 e. The van der Waals surface area contributed by atoms with E-state index in [1.807, 2.05) is 0 Å². The molecule has 2 aromatic heterocycles. The fraction of sp³-hybridized carbons (Fsp3) is 0.391. The number of halogens is 2. The third kappa shape index (κ3) is 5.11. The predicted octanol–water partition coefficient (Wildman–Crippen LogP) is 2.50. The Morgan fingerprint density at radius 2 is 2.19 bits per heavy atom. The second kappa shape index (κ2) is 10.1. The Balaban J connectivity index is 1.46. The summed E-state index contributed by atoms with van der Waals surface area (Å²) in [5.41, 5.74) is 1.31. The predicted molar refractivity (Wildman–Crippen MR) is 134 cm³/mol. The number of imidazole rings is 1. The third-order valence-electron chi connectivity index (χ3n) is 6.04.